The Labute approximate surface area is 139 Å². The lowest BCUT2D eigenvalue weighted by Crippen LogP contribution is -2.07. The molecule has 0 aromatic carbocycles. The molecule has 118 valence electrons. The third-order valence-corrected chi connectivity index (χ3v) is 4.30. The van der Waals surface area contributed by atoms with Gasteiger partial charge in [-0.3, -0.25) is 14.5 Å². The number of methoxy groups -OCH3 is 1. The molecule has 0 spiro atoms. The monoisotopic (exact) mass is 327 g/mol. The minimum Gasteiger partial charge on any atom is -0.383 e. The minimum atomic E-state index is 0.608. The first-order valence-corrected chi connectivity index (χ1v) is 8.21. The zero-order chi connectivity index (χ0) is 15.9. The summed E-state index contributed by atoms with van der Waals surface area (Å²) in [6.45, 7) is 1.31. The fraction of sp³-hybridized carbons (Fsp3) is 0.250. The van der Waals surface area contributed by atoms with E-state index in [2.05, 4.69) is 30.8 Å². The van der Waals surface area contributed by atoms with Gasteiger partial charge in [0.1, 0.15) is 0 Å². The molecule has 0 saturated carbocycles. The van der Waals surface area contributed by atoms with Crippen molar-refractivity contribution in [1.29, 1.82) is 0 Å². The van der Waals surface area contributed by atoms with Gasteiger partial charge < -0.3 is 4.74 Å². The summed E-state index contributed by atoms with van der Waals surface area (Å²) < 4.78 is 7.30. The highest BCUT2D eigenvalue weighted by molar-refractivity contribution is 7.98. The lowest BCUT2D eigenvalue weighted by atomic mass is 10.2. The number of pyridine rings is 2. The Balaban J connectivity index is 1.83. The topological polar surface area (TPSA) is 65.7 Å². The smallest absolute Gasteiger partial charge is 0.191 e. The van der Waals surface area contributed by atoms with Crippen LogP contribution < -0.4 is 0 Å². The molecule has 23 heavy (non-hydrogen) atoms. The average molecular weight is 327 g/mol. The van der Waals surface area contributed by atoms with Gasteiger partial charge in [-0.1, -0.05) is 17.8 Å². The summed E-state index contributed by atoms with van der Waals surface area (Å²) in [6, 6.07) is 7.86. The molecule has 0 unspecified atom stereocenters. The first kappa shape index (κ1) is 15.6. The molecule has 6 nitrogen and oxygen atoms in total. The minimum absolute atomic E-state index is 0.608. The number of aromatic nitrogens is 5. The fourth-order valence-electron chi connectivity index (χ4n) is 2.13. The summed E-state index contributed by atoms with van der Waals surface area (Å²) in [4.78, 5) is 8.19. The molecule has 0 saturated heterocycles. The number of ether oxygens (including phenoxy) is 1. The number of nitrogens with zero attached hydrogens (tertiary/aromatic N) is 5. The molecule has 0 aliphatic heterocycles. The van der Waals surface area contributed by atoms with Crippen LogP contribution in [0.15, 0.2) is 54.2 Å². The lowest BCUT2D eigenvalue weighted by Gasteiger charge is -2.09. The second-order valence-electron chi connectivity index (χ2n) is 4.84. The van der Waals surface area contributed by atoms with Crippen LogP contribution >= 0.6 is 11.8 Å². The SMILES string of the molecule is COCCn1c(SCc2cccnc2)nnc1-c1ccncc1. The standard InChI is InChI=1S/C16H17N5OS/c1-22-10-9-21-15(14-4-7-17-8-5-14)19-20-16(21)23-12-13-3-2-6-18-11-13/h2-8,11H,9-10,12H2,1H3. The highest BCUT2D eigenvalue weighted by Gasteiger charge is 2.14. The highest BCUT2D eigenvalue weighted by Crippen LogP contribution is 2.25. The Kier molecular flexibility index (Phi) is 5.33. The van der Waals surface area contributed by atoms with Gasteiger partial charge in [-0.2, -0.15) is 0 Å². The van der Waals surface area contributed by atoms with Crippen molar-refractivity contribution in [3.05, 3.63) is 54.6 Å². The zero-order valence-corrected chi connectivity index (χ0v) is 13.6. The van der Waals surface area contributed by atoms with E-state index in [1.165, 1.54) is 0 Å². The molecule has 0 amide bonds. The fourth-order valence-corrected chi connectivity index (χ4v) is 3.02. The Morgan fingerprint density at radius 1 is 1.09 bits per heavy atom. The number of hydrogen-bond acceptors (Lipinski definition) is 6. The van der Waals surface area contributed by atoms with Crippen molar-refractivity contribution in [1.82, 2.24) is 24.7 Å². The van der Waals surface area contributed by atoms with Crippen molar-refractivity contribution < 1.29 is 4.74 Å². The second-order valence-corrected chi connectivity index (χ2v) is 5.78. The van der Waals surface area contributed by atoms with Gasteiger partial charge in [0.2, 0.25) is 0 Å². The Morgan fingerprint density at radius 3 is 2.70 bits per heavy atom. The molecule has 3 rings (SSSR count). The maximum atomic E-state index is 5.22. The lowest BCUT2D eigenvalue weighted by molar-refractivity contribution is 0.185. The van der Waals surface area contributed by atoms with Gasteiger partial charge in [0.05, 0.1) is 13.2 Å². The predicted octanol–water partition coefficient (Wildman–Crippen LogP) is 2.67. The molecule has 3 heterocycles. The summed E-state index contributed by atoms with van der Waals surface area (Å²) in [7, 11) is 1.69. The van der Waals surface area contributed by atoms with Crippen LogP contribution in [0.1, 0.15) is 5.56 Å². The van der Waals surface area contributed by atoms with Gasteiger partial charge in [0.15, 0.2) is 11.0 Å². The van der Waals surface area contributed by atoms with Crippen LogP contribution in [0.3, 0.4) is 0 Å². The normalized spacial score (nSPS) is 10.8. The quantitative estimate of drug-likeness (QED) is 0.622. The van der Waals surface area contributed by atoms with E-state index in [1.807, 2.05) is 24.4 Å². The van der Waals surface area contributed by atoms with E-state index in [9.17, 15) is 0 Å². The second kappa shape index (κ2) is 7.85. The summed E-state index contributed by atoms with van der Waals surface area (Å²) >= 11 is 1.64. The van der Waals surface area contributed by atoms with Gasteiger partial charge >= 0.3 is 0 Å². The van der Waals surface area contributed by atoms with Crippen molar-refractivity contribution in [2.75, 3.05) is 13.7 Å². The number of thioether (sulfide) groups is 1. The molecule has 0 aliphatic rings. The van der Waals surface area contributed by atoms with E-state index in [4.69, 9.17) is 4.74 Å². The van der Waals surface area contributed by atoms with E-state index >= 15 is 0 Å². The number of hydrogen-bond donors (Lipinski definition) is 0. The predicted molar refractivity (Wildman–Crippen MR) is 88.9 cm³/mol. The Morgan fingerprint density at radius 2 is 1.96 bits per heavy atom. The molecule has 0 atom stereocenters. The van der Waals surface area contributed by atoms with E-state index < -0.39 is 0 Å². The molecule has 3 aromatic rings. The third-order valence-electron chi connectivity index (χ3n) is 3.27. The van der Waals surface area contributed by atoms with Crippen LogP contribution in [0, 0.1) is 0 Å². The van der Waals surface area contributed by atoms with Crippen molar-refractivity contribution in [3.8, 4) is 11.4 Å². The summed E-state index contributed by atoms with van der Waals surface area (Å²) in [5.74, 6) is 1.63. The first-order chi connectivity index (χ1) is 11.4. The van der Waals surface area contributed by atoms with Gasteiger partial charge in [-0.15, -0.1) is 10.2 Å². The average Bonchev–Trinajstić information content (AvgIpc) is 3.02. The molecule has 0 aliphatic carbocycles. The molecular weight excluding hydrogens is 310 g/mol. The van der Waals surface area contributed by atoms with Crippen LogP contribution in [-0.4, -0.2) is 38.4 Å². The molecule has 3 aromatic heterocycles. The first-order valence-electron chi connectivity index (χ1n) is 7.22. The molecule has 7 heteroatoms. The van der Waals surface area contributed by atoms with Crippen LogP contribution in [0.25, 0.3) is 11.4 Å². The summed E-state index contributed by atoms with van der Waals surface area (Å²) in [5, 5.41) is 9.56. The molecule has 0 N–H and O–H groups in total. The molecular formula is C16H17N5OS. The van der Waals surface area contributed by atoms with Gasteiger partial charge in [-0.25, -0.2) is 0 Å². The third kappa shape index (κ3) is 3.94. The van der Waals surface area contributed by atoms with Crippen LogP contribution in [0.2, 0.25) is 0 Å². The van der Waals surface area contributed by atoms with Crippen molar-refractivity contribution in [3.63, 3.8) is 0 Å². The molecule has 0 fully saturated rings. The maximum Gasteiger partial charge on any atom is 0.191 e. The molecule has 0 bridgehead atoms. The Hall–Kier alpha value is -2.25. The Bertz CT molecular complexity index is 733. The van der Waals surface area contributed by atoms with Crippen molar-refractivity contribution in [2.24, 2.45) is 0 Å². The highest BCUT2D eigenvalue weighted by atomic mass is 32.2. The van der Waals surface area contributed by atoms with E-state index in [-0.39, 0.29) is 0 Å². The van der Waals surface area contributed by atoms with Crippen LogP contribution in [0.4, 0.5) is 0 Å². The molecule has 0 radical (unpaired) electrons. The van der Waals surface area contributed by atoms with Crippen molar-refractivity contribution >= 4 is 11.8 Å². The van der Waals surface area contributed by atoms with Gasteiger partial charge in [0, 0.05) is 43.2 Å². The van der Waals surface area contributed by atoms with E-state index in [0.29, 0.717) is 13.2 Å². The number of rotatable bonds is 7. The van der Waals surface area contributed by atoms with Crippen LogP contribution in [-0.2, 0) is 17.0 Å². The van der Waals surface area contributed by atoms with E-state index in [1.54, 1.807) is 37.5 Å². The van der Waals surface area contributed by atoms with E-state index in [0.717, 1.165) is 27.9 Å². The van der Waals surface area contributed by atoms with Gasteiger partial charge in [-0.05, 0) is 23.8 Å². The van der Waals surface area contributed by atoms with Gasteiger partial charge in [0.25, 0.3) is 0 Å². The summed E-state index contributed by atoms with van der Waals surface area (Å²) in [6.07, 6.45) is 7.16. The van der Waals surface area contributed by atoms with Crippen LogP contribution in [0.5, 0.6) is 0 Å². The zero-order valence-electron chi connectivity index (χ0n) is 12.8. The maximum absolute atomic E-state index is 5.22. The summed E-state index contributed by atoms with van der Waals surface area (Å²) in [5.41, 5.74) is 2.15. The largest absolute Gasteiger partial charge is 0.383 e. The van der Waals surface area contributed by atoms with Crippen molar-refractivity contribution in [2.45, 2.75) is 17.5 Å².